The SMILES string of the molecule is CCC(=Cc1cccc(COC)c1)CO. The summed E-state index contributed by atoms with van der Waals surface area (Å²) >= 11 is 0. The van der Waals surface area contributed by atoms with E-state index in [-0.39, 0.29) is 6.61 Å². The quantitative estimate of drug-likeness (QED) is 0.802. The molecule has 0 bridgehead atoms. The van der Waals surface area contributed by atoms with E-state index in [0.717, 1.165) is 23.1 Å². The van der Waals surface area contributed by atoms with Crippen molar-refractivity contribution in [3.05, 3.63) is 41.0 Å². The van der Waals surface area contributed by atoms with Gasteiger partial charge in [-0.3, -0.25) is 0 Å². The van der Waals surface area contributed by atoms with E-state index < -0.39 is 0 Å². The lowest BCUT2D eigenvalue weighted by atomic mass is 10.1. The summed E-state index contributed by atoms with van der Waals surface area (Å²) in [7, 11) is 1.69. The van der Waals surface area contributed by atoms with Crippen molar-refractivity contribution in [3.63, 3.8) is 0 Å². The van der Waals surface area contributed by atoms with E-state index in [1.807, 2.05) is 31.2 Å². The number of aliphatic hydroxyl groups excluding tert-OH is 1. The third-order valence-electron chi connectivity index (χ3n) is 2.29. The summed E-state index contributed by atoms with van der Waals surface area (Å²) < 4.78 is 5.07. The minimum Gasteiger partial charge on any atom is -0.392 e. The summed E-state index contributed by atoms with van der Waals surface area (Å²) in [6.45, 7) is 2.80. The Bertz CT molecular complexity index is 323. The van der Waals surface area contributed by atoms with Crippen LogP contribution in [0.2, 0.25) is 0 Å². The molecule has 1 rings (SSSR count). The molecular formula is C13H18O2. The fourth-order valence-corrected chi connectivity index (χ4v) is 1.43. The van der Waals surface area contributed by atoms with E-state index in [2.05, 4.69) is 6.07 Å². The summed E-state index contributed by atoms with van der Waals surface area (Å²) in [5, 5.41) is 9.07. The Hall–Kier alpha value is -1.12. The van der Waals surface area contributed by atoms with Crippen molar-refractivity contribution in [3.8, 4) is 0 Å². The van der Waals surface area contributed by atoms with Gasteiger partial charge in [0.25, 0.3) is 0 Å². The second kappa shape index (κ2) is 6.38. The molecule has 0 radical (unpaired) electrons. The minimum absolute atomic E-state index is 0.130. The van der Waals surface area contributed by atoms with E-state index in [4.69, 9.17) is 9.84 Å². The molecular weight excluding hydrogens is 188 g/mol. The number of hydrogen-bond donors (Lipinski definition) is 1. The normalized spacial score (nSPS) is 11.8. The first-order chi connectivity index (χ1) is 7.30. The van der Waals surface area contributed by atoms with Crippen LogP contribution < -0.4 is 0 Å². The molecule has 2 nitrogen and oxygen atoms in total. The zero-order valence-corrected chi connectivity index (χ0v) is 9.36. The molecule has 1 aromatic rings. The van der Waals surface area contributed by atoms with Crippen LogP contribution in [0.4, 0.5) is 0 Å². The highest BCUT2D eigenvalue weighted by Gasteiger charge is 1.95. The van der Waals surface area contributed by atoms with E-state index >= 15 is 0 Å². The molecule has 1 N–H and O–H groups in total. The first kappa shape index (κ1) is 12.0. The van der Waals surface area contributed by atoms with Gasteiger partial charge in [0, 0.05) is 7.11 Å². The molecule has 0 unspecified atom stereocenters. The van der Waals surface area contributed by atoms with Gasteiger partial charge in [0.05, 0.1) is 13.2 Å². The van der Waals surface area contributed by atoms with E-state index in [1.54, 1.807) is 7.11 Å². The van der Waals surface area contributed by atoms with E-state index in [1.165, 1.54) is 0 Å². The molecule has 0 aliphatic carbocycles. The molecule has 1 aromatic carbocycles. The molecule has 0 aromatic heterocycles. The van der Waals surface area contributed by atoms with Crippen molar-refractivity contribution in [2.75, 3.05) is 13.7 Å². The van der Waals surface area contributed by atoms with Crippen LogP contribution in [0.5, 0.6) is 0 Å². The van der Waals surface area contributed by atoms with Gasteiger partial charge < -0.3 is 9.84 Å². The molecule has 0 saturated carbocycles. The van der Waals surface area contributed by atoms with Crippen LogP contribution in [0.25, 0.3) is 6.08 Å². The van der Waals surface area contributed by atoms with Gasteiger partial charge in [-0.25, -0.2) is 0 Å². The van der Waals surface area contributed by atoms with Gasteiger partial charge in [-0.2, -0.15) is 0 Å². The van der Waals surface area contributed by atoms with Gasteiger partial charge in [-0.15, -0.1) is 0 Å². The predicted octanol–water partition coefficient (Wildman–Crippen LogP) is 2.62. The van der Waals surface area contributed by atoms with Gasteiger partial charge in [-0.1, -0.05) is 31.2 Å². The van der Waals surface area contributed by atoms with Gasteiger partial charge in [0.2, 0.25) is 0 Å². The molecule has 0 saturated heterocycles. The average Bonchev–Trinajstić information content (AvgIpc) is 2.27. The lowest BCUT2D eigenvalue weighted by Gasteiger charge is -2.03. The lowest BCUT2D eigenvalue weighted by Crippen LogP contribution is -1.90. The number of methoxy groups -OCH3 is 1. The van der Waals surface area contributed by atoms with Crippen LogP contribution >= 0.6 is 0 Å². The van der Waals surface area contributed by atoms with Crippen LogP contribution in [0.1, 0.15) is 24.5 Å². The van der Waals surface area contributed by atoms with Crippen molar-refractivity contribution in [2.24, 2.45) is 0 Å². The zero-order chi connectivity index (χ0) is 11.1. The number of ether oxygens (including phenoxy) is 1. The van der Waals surface area contributed by atoms with Crippen LogP contribution in [0.15, 0.2) is 29.8 Å². The first-order valence-corrected chi connectivity index (χ1v) is 5.18. The lowest BCUT2D eigenvalue weighted by molar-refractivity contribution is 0.185. The van der Waals surface area contributed by atoms with Crippen molar-refractivity contribution in [2.45, 2.75) is 20.0 Å². The highest BCUT2D eigenvalue weighted by Crippen LogP contribution is 2.12. The fraction of sp³-hybridized carbons (Fsp3) is 0.385. The Morgan fingerprint density at radius 1 is 1.47 bits per heavy atom. The molecule has 0 aliphatic heterocycles. The van der Waals surface area contributed by atoms with Crippen molar-refractivity contribution in [1.29, 1.82) is 0 Å². The molecule has 0 spiro atoms. The summed E-state index contributed by atoms with van der Waals surface area (Å²) in [6, 6.07) is 8.15. The smallest absolute Gasteiger partial charge is 0.0713 e. The maximum absolute atomic E-state index is 9.07. The molecule has 0 aliphatic rings. The largest absolute Gasteiger partial charge is 0.392 e. The van der Waals surface area contributed by atoms with Gasteiger partial charge in [-0.05, 0) is 29.2 Å². The summed E-state index contributed by atoms with van der Waals surface area (Å²) in [6.07, 6.45) is 2.91. The first-order valence-electron chi connectivity index (χ1n) is 5.18. The number of rotatable bonds is 5. The number of hydrogen-bond acceptors (Lipinski definition) is 2. The third-order valence-corrected chi connectivity index (χ3v) is 2.29. The van der Waals surface area contributed by atoms with Gasteiger partial charge >= 0.3 is 0 Å². The Labute approximate surface area is 91.2 Å². The average molecular weight is 206 g/mol. The van der Waals surface area contributed by atoms with Gasteiger partial charge in [0.15, 0.2) is 0 Å². The van der Waals surface area contributed by atoms with Crippen molar-refractivity contribution in [1.82, 2.24) is 0 Å². The Morgan fingerprint density at radius 3 is 2.87 bits per heavy atom. The monoisotopic (exact) mass is 206 g/mol. The van der Waals surface area contributed by atoms with Crippen LogP contribution in [-0.2, 0) is 11.3 Å². The second-order valence-corrected chi connectivity index (χ2v) is 3.49. The third kappa shape index (κ3) is 3.86. The number of aliphatic hydroxyl groups is 1. The summed E-state index contributed by atoms with van der Waals surface area (Å²) in [5.41, 5.74) is 3.32. The van der Waals surface area contributed by atoms with E-state index in [9.17, 15) is 0 Å². The summed E-state index contributed by atoms with van der Waals surface area (Å²) in [5.74, 6) is 0. The molecule has 15 heavy (non-hydrogen) atoms. The molecule has 0 heterocycles. The molecule has 0 amide bonds. The van der Waals surface area contributed by atoms with Crippen LogP contribution in [0.3, 0.4) is 0 Å². The maximum atomic E-state index is 9.07. The Balaban J connectivity index is 2.85. The van der Waals surface area contributed by atoms with Crippen molar-refractivity contribution < 1.29 is 9.84 Å². The Morgan fingerprint density at radius 2 is 2.27 bits per heavy atom. The predicted molar refractivity (Wildman–Crippen MR) is 62.5 cm³/mol. The second-order valence-electron chi connectivity index (χ2n) is 3.49. The molecule has 82 valence electrons. The topological polar surface area (TPSA) is 29.5 Å². The van der Waals surface area contributed by atoms with Crippen molar-refractivity contribution >= 4 is 6.08 Å². The maximum Gasteiger partial charge on any atom is 0.0713 e. The zero-order valence-electron chi connectivity index (χ0n) is 9.36. The highest BCUT2D eigenvalue weighted by atomic mass is 16.5. The van der Waals surface area contributed by atoms with E-state index in [0.29, 0.717) is 6.61 Å². The van der Waals surface area contributed by atoms with Crippen LogP contribution in [-0.4, -0.2) is 18.8 Å². The number of benzene rings is 1. The minimum atomic E-state index is 0.130. The van der Waals surface area contributed by atoms with Gasteiger partial charge in [0.1, 0.15) is 0 Å². The molecule has 0 fully saturated rings. The molecule has 2 heteroatoms. The summed E-state index contributed by atoms with van der Waals surface area (Å²) in [4.78, 5) is 0. The van der Waals surface area contributed by atoms with Crippen LogP contribution in [0, 0.1) is 0 Å². The standard InChI is InChI=1S/C13H18O2/c1-3-11(9-14)7-12-5-4-6-13(8-12)10-15-2/h4-8,14H,3,9-10H2,1-2H3. The molecule has 0 atom stereocenters. The highest BCUT2D eigenvalue weighted by molar-refractivity contribution is 5.53. The fourth-order valence-electron chi connectivity index (χ4n) is 1.43. The Kier molecular flexibility index (Phi) is 5.08.